The maximum absolute atomic E-state index is 3.60. The Morgan fingerprint density at radius 2 is 2.33 bits per heavy atom. The average molecular weight is 82.0 g/mol. The van der Waals surface area contributed by atoms with Crippen LogP contribution in [0.1, 0.15) is 26.2 Å². The summed E-state index contributed by atoms with van der Waals surface area (Å²) in [5.41, 5.74) is 0. The van der Waals surface area contributed by atoms with Crippen LogP contribution < -0.4 is 0 Å². The molecule has 0 aromatic carbocycles. The Morgan fingerprint density at radius 3 is 2.50 bits per heavy atom. The predicted octanol–water partition coefficient (Wildman–Crippen LogP) is 0.880. The first-order chi connectivity index (χ1) is 2.91. The first kappa shape index (κ1) is 5.93. The summed E-state index contributed by atoms with van der Waals surface area (Å²) in [4.78, 5) is 0. The molecule has 0 fully saturated rings. The topological polar surface area (TPSA) is 0 Å². The molecule has 0 aliphatic carbocycles. The summed E-state index contributed by atoms with van der Waals surface area (Å²) in [7, 11) is 3.60. The van der Waals surface area contributed by atoms with Gasteiger partial charge in [-0.15, -0.1) is 0 Å². The fraction of sp³-hybridized carbons (Fsp3) is 0.800. The van der Waals surface area contributed by atoms with Gasteiger partial charge in [-0.2, -0.15) is 0 Å². The van der Waals surface area contributed by atoms with Gasteiger partial charge in [-0.05, 0) is 0 Å². The van der Waals surface area contributed by atoms with E-state index in [-0.39, 0.29) is 0 Å². The van der Waals surface area contributed by atoms with Crippen molar-refractivity contribution in [1.82, 2.24) is 0 Å². The van der Waals surface area contributed by atoms with E-state index in [2.05, 4.69) is 14.4 Å². The third-order valence-corrected chi connectivity index (χ3v) is 0.762. The van der Waals surface area contributed by atoms with E-state index < -0.39 is 0 Å². The average Bonchev–Trinajstić information content (AvgIpc) is 1.61. The Labute approximate surface area is 40.6 Å². The molecule has 0 aliphatic heterocycles. The first-order valence-corrected chi connectivity index (χ1v) is 2.52. The molecule has 0 spiro atoms. The van der Waals surface area contributed by atoms with E-state index in [1.54, 1.807) is 0 Å². The van der Waals surface area contributed by atoms with Gasteiger partial charge in [0.05, 0.1) is 0 Å². The van der Waals surface area contributed by atoms with Gasteiger partial charge in [0.15, 0.2) is 0 Å². The molecular formula is C5H11B. The Kier molecular flexibility index (Phi) is 4.88. The zero-order valence-corrected chi connectivity index (χ0v) is 4.41. The molecule has 0 radical (unpaired) electrons. The van der Waals surface area contributed by atoms with Crippen LogP contribution in [0.25, 0.3) is 0 Å². The van der Waals surface area contributed by atoms with Crippen molar-refractivity contribution in [1.29, 1.82) is 0 Å². The summed E-state index contributed by atoms with van der Waals surface area (Å²) in [5, 5.41) is 0. The second-order valence-electron chi connectivity index (χ2n) is 1.43. The van der Waals surface area contributed by atoms with Gasteiger partial charge in [0.1, 0.15) is 0 Å². The number of unbranched alkanes of at least 4 members (excludes halogenated alkanes) is 2. The summed E-state index contributed by atoms with van der Waals surface area (Å²) in [6.07, 6.45) is 3.76. The van der Waals surface area contributed by atoms with Gasteiger partial charge in [0, 0.05) is 0 Å². The number of rotatable bonds is 3. The molecule has 1 heteroatoms. The van der Waals surface area contributed by atoms with Crippen LogP contribution in [0, 0.1) is 0 Å². The van der Waals surface area contributed by atoms with Crippen LogP contribution in [0.2, 0.25) is 0 Å². The number of hydrogen-bond donors (Lipinski definition) is 0. The number of hydrogen-bond acceptors (Lipinski definition) is 0. The van der Waals surface area contributed by atoms with E-state index in [9.17, 15) is 0 Å². The van der Waals surface area contributed by atoms with E-state index in [1.807, 2.05) is 5.97 Å². The minimum absolute atomic E-state index is 1.18. The van der Waals surface area contributed by atoms with E-state index in [4.69, 9.17) is 0 Å². The van der Waals surface area contributed by atoms with E-state index in [0.717, 1.165) is 0 Å². The summed E-state index contributed by atoms with van der Waals surface area (Å²) in [6, 6.07) is 0. The van der Waals surface area contributed by atoms with Crippen molar-refractivity contribution in [3.8, 4) is 0 Å². The molecule has 6 heavy (non-hydrogen) atoms. The molecule has 0 N–H and O–H groups in total. The van der Waals surface area contributed by atoms with Crippen LogP contribution >= 0.6 is 0 Å². The van der Waals surface area contributed by atoms with Crippen molar-refractivity contribution < 1.29 is 0 Å². The van der Waals surface area contributed by atoms with Gasteiger partial charge < -0.3 is 0 Å². The van der Waals surface area contributed by atoms with Gasteiger partial charge in [-0.3, -0.25) is 0 Å². The molecule has 0 rings (SSSR count). The summed E-state index contributed by atoms with van der Waals surface area (Å²) in [5.74, 6) is 1.96. The van der Waals surface area contributed by atoms with Crippen molar-refractivity contribution in [3.63, 3.8) is 0 Å². The van der Waals surface area contributed by atoms with E-state index in [0.29, 0.717) is 0 Å². The SMILES string of the molecule is B=CCCCC. The third-order valence-electron chi connectivity index (χ3n) is 0.762. The normalized spacial score (nSPS) is 8.00. The quantitative estimate of drug-likeness (QED) is 0.350. The van der Waals surface area contributed by atoms with Crippen LogP contribution in [0.5, 0.6) is 0 Å². The Hall–Kier alpha value is -0.0651. The monoisotopic (exact) mass is 82.1 g/mol. The molecule has 0 heterocycles. The van der Waals surface area contributed by atoms with Crippen molar-refractivity contribution in [2.45, 2.75) is 26.2 Å². The molecular weight excluding hydrogens is 70.9 g/mol. The molecule has 0 atom stereocenters. The van der Waals surface area contributed by atoms with Gasteiger partial charge in [0.2, 0.25) is 0 Å². The molecule has 34 valence electrons. The van der Waals surface area contributed by atoms with Gasteiger partial charge in [0.25, 0.3) is 0 Å². The van der Waals surface area contributed by atoms with E-state index in [1.165, 1.54) is 19.3 Å². The molecule has 0 aromatic heterocycles. The summed E-state index contributed by atoms with van der Waals surface area (Å²) >= 11 is 0. The van der Waals surface area contributed by atoms with Gasteiger partial charge >= 0.3 is 39.6 Å². The molecule has 0 aliphatic rings. The fourth-order valence-electron chi connectivity index (χ4n) is 0.348. The van der Waals surface area contributed by atoms with Crippen LogP contribution in [-0.4, -0.2) is 13.5 Å². The van der Waals surface area contributed by atoms with Gasteiger partial charge in [-0.25, -0.2) is 0 Å². The molecule has 0 nitrogen and oxygen atoms in total. The molecule has 0 saturated carbocycles. The molecule has 0 aromatic rings. The van der Waals surface area contributed by atoms with Crippen LogP contribution in [0.3, 0.4) is 0 Å². The summed E-state index contributed by atoms with van der Waals surface area (Å²) < 4.78 is 0. The molecule has 0 bridgehead atoms. The second-order valence-corrected chi connectivity index (χ2v) is 1.43. The van der Waals surface area contributed by atoms with Gasteiger partial charge in [-0.1, -0.05) is 0 Å². The molecule has 0 amide bonds. The zero-order chi connectivity index (χ0) is 4.83. The Morgan fingerprint density at radius 1 is 1.67 bits per heavy atom. The zero-order valence-electron chi connectivity index (χ0n) is 4.41. The predicted molar refractivity (Wildman–Crippen MR) is 32.7 cm³/mol. The van der Waals surface area contributed by atoms with Crippen molar-refractivity contribution in [2.75, 3.05) is 0 Å². The second kappa shape index (κ2) is 4.93. The van der Waals surface area contributed by atoms with Crippen molar-refractivity contribution in [2.24, 2.45) is 0 Å². The maximum atomic E-state index is 3.60. The van der Waals surface area contributed by atoms with Crippen LogP contribution in [0.15, 0.2) is 0 Å². The third kappa shape index (κ3) is 3.93. The summed E-state index contributed by atoms with van der Waals surface area (Å²) in [6.45, 7) is 2.18. The minimum atomic E-state index is 1.18. The van der Waals surface area contributed by atoms with Crippen molar-refractivity contribution in [3.05, 3.63) is 0 Å². The van der Waals surface area contributed by atoms with E-state index >= 15 is 0 Å². The van der Waals surface area contributed by atoms with Crippen molar-refractivity contribution >= 4 is 13.5 Å². The first-order valence-electron chi connectivity index (χ1n) is 2.52. The fourth-order valence-corrected chi connectivity index (χ4v) is 0.348. The van der Waals surface area contributed by atoms with Crippen LogP contribution in [0.4, 0.5) is 0 Å². The molecule has 0 unspecified atom stereocenters. The standard InChI is InChI=1S/C5H11B/c1-2-3-4-5-6/h5-6H,2-4H2,1H3. The van der Waals surface area contributed by atoms with Crippen LogP contribution in [-0.2, 0) is 0 Å². The molecule has 0 saturated heterocycles. The Bertz CT molecular complexity index is 32.9. The Balaban J connectivity index is 2.49.